The Morgan fingerprint density at radius 2 is 1.93 bits per heavy atom. The van der Waals surface area contributed by atoms with Crippen molar-refractivity contribution < 1.29 is 17.6 Å². The second kappa shape index (κ2) is 8.17. The van der Waals surface area contributed by atoms with Crippen LogP contribution in [-0.2, 0) is 10.0 Å². The van der Waals surface area contributed by atoms with Crippen LogP contribution in [0, 0.1) is 5.82 Å². The van der Waals surface area contributed by atoms with Gasteiger partial charge in [-0.2, -0.15) is 0 Å². The first kappa shape index (κ1) is 19.9. The highest BCUT2D eigenvalue weighted by molar-refractivity contribution is 7.99. The first-order chi connectivity index (χ1) is 13.9. The molecule has 2 N–H and O–H groups in total. The molecule has 0 bridgehead atoms. The highest BCUT2D eigenvalue weighted by atomic mass is 32.2. The average molecular weight is 449 g/mol. The van der Waals surface area contributed by atoms with Crippen LogP contribution in [0.25, 0.3) is 0 Å². The first-order valence-electron chi connectivity index (χ1n) is 8.82. The van der Waals surface area contributed by atoms with E-state index in [1.54, 1.807) is 35.7 Å². The van der Waals surface area contributed by atoms with E-state index in [4.69, 9.17) is 0 Å². The van der Waals surface area contributed by atoms with Gasteiger partial charge in [0.05, 0.1) is 6.04 Å². The number of carbonyl (C=O) groups is 1. The summed E-state index contributed by atoms with van der Waals surface area (Å²) in [6.07, 6.45) is 0.692. The fourth-order valence-electron chi connectivity index (χ4n) is 3.12. The predicted octanol–water partition coefficient (Wildman–Crippen LogP) is 4.65. The van der Waals surface area contributed by atoms with Crippen molar-refractivity contribution in [2.75, 3.05) is 10.5 Å². The second-order valence-corrected chi connectivity index (χ2v) is 10.4. The molecule has 0 unspecified atom stereocenters. The lowest BCUT2D eigenvalue weighted by atomic mass is 10.0. The number of sulfonamides is 1. The monoisotopic (exact) mass is 448 g/mol. The van der Waals surface area contributed by atoms with E-state index in [1.807, 2.05) is 6.07 Å². The number of anilines is 1. The van der Waals surface area contributed by atoms with Crippen LogP contribution < -0.4 is 10.0 Å². The van der Waals surface area contributed by atoms with Gasteiger partial charge in [-0.25, -0.2) is 12.8 Å². The van der Waals surface area contributed by atoms with E-state index in [2.05, 4.69) is 10.0 Å². The van der Waals surface area contributed by atoms with Crippen LogP contribution >= 0.6 is 23.1 Å². The van der Waals surface area contributed by atoms with Crippen molar-refractivity contribution in [3.8, 4) is 0 Å². The lowest BCUT2D eigenvalue weighted by Gasteiger charge is -2.26. The van der Waals surface area contributed by atoms with Crippen LogP contribution in [-0.4, -0.2) is 20.1 Å². The lowest BCUT2D eigenvalue weighted by molar-refractivity contribution is 0.0934. The Morgan fingerprint density at radius 1 is 1.10 bits per heavy atom. The van der Waals surface area contributed by atoms with Gasteiger partial charge in [0.1, 0.15) is 10.0 Å². The Kier molecular flexibility index (Phi) is 5.62. The first-order valence-corrected chi connectivity index (χ1v) is 12.2. The number of hydrogen-bond acceptors (Lipinski definition) is 5. The zero-order chi connectivity index (χ0) is 20.4. The molecule has 1 amide bonds. The van der Waals surface area contributed by atoms with Crippen LogP contribution in [0.5, 0.6) is 0 Å². The molecular weight excluding hydrogens is 431 g/mol. The van der Waals surface area contributed by atoms with E-state index in [9.17, 15) is 17.6 Å². The van der Waals surface area contributed by atoms with Gasteiger partial charge in [-0.15, -0.1) is 23.1 Å². The molecule has 1 aromatic heterocycles. The van der Waals surface area contributed by atoms with Crippen molar-refractivity contribution in [1.82, 2.24) is 5.32 Å². The number of thioether (sulfide) groups is 1. The molecule has 3 aromatic rings. The third kappa shape index (κ3) is 4.31. The van der Waals surface area contributed by atoms with Crippen LogP contribution in [0.2, 0.25) is 0 Å². The normalized spacial score (nSPS) is 16.1. The van der Waals surface area contributed by atoms with E-state index in [-0.39, 0.29) is 22.0 Å². The summed E-state index contributed by atoms with van der Waals surface area (Å²) in [7, 11) is -3.69. The number of benzene rings is 2. The van der Waals surface area contributed by atoms with Crippen LogP contribution in [0.15, 0.2) is 69.1 Å². The van der Waals surface area contributed by atoms with Crippen molar-refractivity contribution >= 4 is 44.7 Å². The predicted molar refractivity (Wildman–Crippen MR) is 114 cm³/mol. The summed E-state index contributed by atoms with van der Waals surface area (Å²) in [4.78, 5) is 13.3. The number of amides is 1. The molecule has 0 saturated heterocycles. The number of halogens is 1. The fraction of sp³-hybridized carbons (Fsp3) is 0.150. The Hall–Kier alpha value is -2.36. The van der Waals surface area contributed by atoms with E-state index in [0.29, 0.717) is 28.3 Å². The topological polar surface area (TPSA) is 75.3 Å². The molecule has 1 atom stereocenters. The molecule has 0 spiro atoms. The molecule has 0 radical (unpaired) electrons. The Labute approximate surface area is 176 Å². The maximum Gasteiger partial charge on any atom is 0.271 e. The van der Waals surface area contributed by atoms with Crippen molar-refractivity contribution in [2.24, 2.45) is 0 Å². The van der Waals surface area contributed by atoms with Gasteiger partial charge in [0.25, 0.3) is 15.9 Å². The van der Waals surface area contributed by atoms with E-state index >= 15 is 0 Å². The number of fused-ring (bicyclic) bond motifs is 1. The lowest BCUT2D eigenvalue weighted by Crippen LogP contribution is -2.31. The summed E-state index contributed by atoms with van der Waals surface area (Å²) in [5.74, 6) is 0.0882. The molecule has 2 aromatic carbocycles. The number of carbonyl (C=O) groups excluding carboxylic acids is 1. The molecule has 0 aliphatic carbocycles. The summed E-state index contributed by atoms with van der Waals surface area (Å²) in [5.41, 5.74) is 1.40. The number of thiophene rings is 1. The molecular formula is C20H17FN2O3S3. The second-order valence-electron chi connectivity index (χ2n) is 6.44. The summed E-state index contributed by atoms with van der Waals surface area (Å²) in [5, 5.41) is 4.62. The summed E-state index contributed by atoms with van der Waals surface area (Å²) in [6, 6.07) is 14.1. The highest BCUT2D eigenvalue weighted by Crippen LogP contribution is 2.37. The largest absolute Gasteiger partial charge is 0.345 e. The van der Waals surface area contributed by atoms with Gasteiger partial charge in [0.2, 0.25) is 0 Å². The Balaban J connectivity index is 1.52. The smallest absolute Gasteiger partial charge is 0.271 e. The molecule has 150 valence electrons. The molecule has 4 rings (SSSR count). The van der Waals surface area contributed by atoms with Crippen molar-refractivity contribution in [1.29, 1.82) is 0 Å². The quantitative estimate of drug-likeness (QED) is 0.596. The van der Waals surface area contributed by atoms with Crippen molar-refractivity contribution in [2.45, 2.75) is 21.6 Å². The average Bonchev–Trinajstić information content (AvgIpc) is 3.25. The minimum atomic E-state index is -3.69. The number of hydrogen-bond donors (Lipinski definition) is 2. The van der Waals surface area contributed by atoms with Crippen LogP contribution in [0.1, 0.15) is 28.4 Å². The van der Waals surface area contributed by atoms with Gasteiger partial charge < -0.3 is 5.32 Å². The van der Waals surface area contributed by atoms with Gasteiger partial charge in [0, 0.05) is 21.9 Å². The van der Waals surface area contributed by atoms with E-state index in [1.165, 1.54) is 30.0 Å². The molecule has 1 aliphatic heterocycles. The van der Waals surface area contributed by atoms with Crippen molar-refractivity contribution in [3.05, 3.63) is 76.9 Å². The third-order valence-corrected chi connectivity index (χ3v) is 8.41. The van der Waals surface area contributed by atoms with Crippen LogP contribution in [0.3, 0.4) is 0 Å². The third-order valence-electron chi connectivity index (χ3n) is 4.47. The number of rotatable bonds is 5. The fourth-order valence-corrected chi connectivity index (χ4v) is 6.31. The zero-order valence-corrected chi connectivity index (χ0v) is 17.5. The van der Waals surface area contributed by atoms with Gasteiger partial charge in [-0.3, -0.25) is 9.52 Å². The van der Waals surface area contributed by atoms with E-state index in [0.717, 1.165) is 16.9 Å². The summed E-state index contributed by atoms with van der Waals surface area (Å²) in [6.45, 7) is 0. The van der Waals surface area contributed by atoms with E-state index < -0.39 is 10.0 Å². The summed E-state index contributed by atoms with van der Waals surface area (Å²) < 4.78 is 41.5. The molecule has 2 heterocycles. The standard InChI is InChI=1S/C20H17FN2O3S3/c21-16-7-2-6-15-17(9-11-28-19(15)16)22-20(24)13-4-1-5-14(12-13)23-29(25,26)18-8-3-10-27-18/h1-8,10,12,17,23H,9,11H2,(H,22,24)/t17-/m1/s1. The van der Waals surface area contributed by atoms with Crippen LogP contribution in [0.4, 0.5) is 10.1 Å². The number of nitrogens with one attached hydrogen (secondary N) is 2. The van der Waals surface area contributed by atoms with Gasteiger partial charge in [-0.1, -0.05) is 24.3 Å². The molecule has 0 fully saturated rings. The Morgan fingerprint density at radius 3 is 2.72 bits per heavy atom. The molecule has 0 saturated carbocycles. The minimum absolute atomic E-state index is 0.200. The maximum atomic E-state index is 14.0. The zero-order valence-electron chi connectivity index (χ0n) is 15.1. The molecule has 9 heteroatoms. The van der Waals surface area contributed by atoms with Crippen molar-refractivity contribution in [3.63, 3.8) is 0 Å². The molecule has 1 aliphatic rings. The SMILES string of the molecule is O=C(N[C@@H]1CCSc2c(F)cccc21)c1cccc(NS(=O)(=O)c2cccs2)c1. The van der Waals surface area contributed by atoms with Gasteiger partial charge in [0.15, 0.2) is 0 Å². The molecule has 5 nitrogen and oxygen atoms in total. The maximum absolute atomic E-state index is 14.0. The minimum Gasteiger partial charge on any atom is -0.345 e. The van der Waals surface area contributed by atoms with Gasteiger partial charge >= 0.3 is 0 Å². The highest BCUT2D eigenvalue weighted by Gasteiger charge is 2.25. The summed E-state index contributed by atoms with van der Waals surface area (Å²) >= 11 is 2.56. The van der Waals surface area contributed by atoms with Gasteiger partial charge in [-0.05, 0) is 47.7 Å². The Bertz CT molecular complexity index is 1150. The molecule has 29 heavy (non-hydrogen) atoms.